The Balaban J connectivity index is 1.37. The first-order chi connectivity index (χ1) is 15.1. The van der Waals surface area contributed by atoms with E-state index in [4.69, 9.17) is 9.47 Å². The summed E-state index contributed by atoms with van der Waals surface area (Å²) in [6.45, 7) is -0.341. The molecule has 0 aliphatic heterocycles. The van der Waals surface area contributed by atoms with Crippen LogP contribution in [0.15, 0.2) is 66.7 Å². The Morgan fingerprint density at radius 2 is 1.61 bits per heavy atom. The van der Waals surface area contributed by atoms with E-state index in [9.17, 15) is 14.4 Å². The van der Waals surface area contributed by atoms with Crippen LogP contribution in [0, 0.1) is 0 Å². The number of ether oxygens (including phenoxy) is 2. The van der Waals surface area contributed by atoms with Gasteiger partial charge in [-0.05, 0) is 41.0 Å². The van der Waals surface area contributed by atoms with E-state index >= 15 is 0 Å². The summed E-state index contributed by atoms with van der Waals surface area (Å²) in [6, 6.07) is 20.5. The molecule has 2 N–H and O–H groups in total. The molecule has 2 amide bonds. The summed E-state index contributed by atoms with van der Waals surface area (Å²) in [7, 11) is 1.59. The van der Waals surface area contributed by atoms with Crippen molar-refractivity contribution in [2.45, 2.75) is 6.42 Å². The molecule has 3 aromatic carbocycles. The van der Waals surface area contributed by atoms with Crippen molar-refractivity contribution in [3.63, 3.8) is 0 Å². The van der Waals surface area contributed by atoms with Gasteiger partial charge in [0.1, 0.15) is 12.3 Å². The number of hydrogen-bond donors (Lipinski definition) is 2. The minimum Gasteiger partial charge on any atom is -0.496 e. The highest BCUT2D eigenvalue weighted by Gasteiger charge is 2.11. The van der Waals surface area contributed by atoms with E-state index in [0.29, 0.717) is 18.5 Å². The first-order valence-corrected chi connectivity index (χ1v) is 9.88. The molecule has 0 aliphatic rings. The average molecular weight is 420 g/mol. The van der Waals surface area contributed by atoms with Crippen LogP contribution in [-0.2, 0) is 20.7 Å². The number of esters is 1. The topological polar surface area (TPSA) is 93.7 Å². The molecule has 7 nitrogen and oxygen atoms in total. The lowest BCUT2D eigenvalue weighted by molar-refractivity contribution is -0.147. The summed E-state index contributed by atoms with van der Waals surface area (Å²) in [5.41, 5.74) is 1.42. The molecule has 0 saturated carbocycles. The number of carbonyl (C=O) groups is 3. The third kappa shape index (κ3) is 6.30. The standard InChI is InChI=1S/C24H24N2O5/c1-30-21-9-5-4-7-18(21)12-13-25-22(27)16-31-23(28)15-26-24(29)20-11-10-17-6-2-3-8-19(17)14-20/h2-11,14H,12-13,15-16H2,1H3,(H,25,27)(H,26,29). The highest BCUT2D eigenvalue weighted by molar-refractivity contribution is 5.99. The Morgan fingerprint density at radius 1 is 0.871 bits per heavy atom. The molecule has 160 valence electrons. The highest BCUT2D eigenvalue weighted by atomic mass is 16.5. The lowest BCUT2D eigenvalue weighted by Gasteiger charge is -2.10. The first-order valence-electron chi connectivity index (χ1n) is 9.88. The number of nitrogens with one attached hydrogen (secondary N) is 2. The number of carbonyl (C=O) groups excluding carboxylic acids is 3. The molecule has 31 heavy (non-hydrogen) atoms. The van der Waals surface area contributed by atoms with Gasteiger partial charge in [0.05, 0.1) is 7.11 Å². The Bertz CT molecular complexity index is 1080. The molecule has 3 aromatic rings. The van der Waals surface area contributed by atoms with Crippen LogP contribution in [0.25, 0.3) is 10.8 Å². The number of rotatable bonds is 9. The summed E-state index contributed by atoms with van der Waals surface area (Å²) in [6.07, 6.45) is 0.589. The molecule has 0 fully saturated rings. The highest BCUT2D eigenvalue weighted by Crippen LogP contribution is 2.17. The van der Waals surface area contributed by atoms with Crippen LogP contribution in [0.2, 0.25) is 0 Å². The smallest absolute Gasteiger partial charge is 0.325 e. The van der Waals surface area contributed by atoms with E-state index in [1.165, 1.54) is 0 Å². The van der Waals surface area contributed by atoms with E-state index in [1.807, 2.05) is 54.6 Å². The Labute approximate surface area is 180 Å². The molecule has 7 heteroatoms. The van der Waals surface area contributed by atoms with Gasteiger partial charge >= 0.3 is 5.97 Å². The summed E-state index contributed by atoms with van der Waals surface area (Å²) in [5, 5.41) is 7.15. The summed E-state index contributed by atoms with van der Waals surface area (Å²) in [5.74, 6) is -0.729. The van der Waals surface area contributed by atoms with Gasteiger partial charge in [0.25, 0.3) is 11.8 Å². The normalized spacial score (nSPS) is 10.4. The van der Waals surface area contributed by atoms with Crippen LogP contribution in [0.3, 0.4) is 0 Å². The lowest BCUT2D eigenvalue weighted by Crippen LogP contribution is -2.34. The Hall–Kier alpha value is -3.87. The van der Waals surface area contributed by atoms with Gasteiger partial charge in [-0.1, -0.05) is 48.5 Å². The molecule has 0 spiro atoms. The molecule has 0 aromatic heterocycles. The fraction of sp³-hybridized carbons (Fsp3) is 0.208. The van der Waals surface area contributed by atoms with E-state index in [-0.39, 0.29) is 12.5 Å². The predicted octanol–water partition coefficient (Wildman–Crippen LogP) is 2.48. The van der Waals surface area contributed by atoms with Crippen molar-refractivity contribution in [1.82, 2.24) is 10.6 Å². The molecule has 0 bridgehead atoms. The van der Waals surface area contributed by atoms with Crippen LogP contribution in [0.4, 0.5) is 0 Å². The molecular weight excluding hydrogens is 396 g/mol. The fourth-order valence-electron chi connectivity index (χ4n) is 3.08. The summed E-state index contributed by atoms with van der Waals surface area (Å²) < 4.78 is 10.2. The second-order valence-corrected chi connectivity index (χ2v) is 6.82. The number of amides is 2. The second kappa shape index (κ2) is 10.8. The SMILES string of the molecule is COc1ccccc1CCNC(=O)COC(=O)CNC(=O)c1ccc2ccccc2c1. The van der Waals surface area contributed by atoms with Crippen molar-refractivity contribution >= 4 is 28.6 Å². The molecule has 0 unspecified atom stereocenters. The predicted molar refractivity (Wildman–Crippen MR) is 117 cm³/mol. The van der Waals surface area contributed by atoms with Gasteiger partial charge in [0.2, 0.25) is 0 Å². The number of benzene rings is 3. The van der Waals surface area contributed by atoms with Crippen LogP contribution < -0.4 is 15.4 Å². The van der Waals surface area contributed by atoms with Gasteiger partial charge in [0.15, 0.2) is 6.61 Å². The minimum atomic E-state index is -0.686. The van der Waals surface area contributed by atoms with Gasteiger partial charge in [-0.25, -0.2) is 0 Å². The van der Waals surface area contributed by atoms with E-state index in [1.54, 1.807) is 19.2 Å². The second-order valence-electron chi connectivity index (χ2n) is 6.82. The number of methoxy groups -OCH3 is 1. The molecule has 0 radical (unpaired) electrons. The maximum atomic E-state index is 12.3. The number of hydrogen-bond acceptors (Lipinski definition) is 5. The van der Waals surface area contributed by atoms with Gasteiger partial charge < -0.3 is 20.1 Å². The number of fused-ring (bicyclic) bond motifs is 1. The maximum Gasteiger partial charge on any atom is 0.325 e. The van der Waals surface area contributed by atoms with Crippen molar-refractivity contribution in [3.8, 4) is 5.75 Å². The Morgan fingerprint density at radius 3 is 2.42 bits per heavy atom. The zero-order valence-corrected chi connectivity index (χ0v) is 17.2. The summed E-state index contributed by atoms with van der Waals surface area (Å²) in [4.78, 5) is 36.0. The van der Waals surface area contributed by atoms with E-state index < -0.39 is 18.5 Å². The minimum absolute atomic E-state index is 0.319. The van der Waals surface area contributed by atoms with Crippen LogP contribution >= 0.6 is 0 Å². The zero-order chi connectivity index (χ0) is 22.1. The summed E-state index contributed by atoms with van der Waals surface area (Å²) >= 11 is 0. The quantitative estimate of drug-likeness (QED) is 0.519. The zero-order valence-electron chi connectivity index (χ0n) is 17.2. The molecule has 3 rings (SSSR count). The van der Waals surface area contributed by atoms with Crippen molar-refractivity contribution in [2.24, 2.45) is 0 Å². The van der Waals surface area contributed by atoms with Gasteiger partial charge in [-0.3, -0.25) is 14.4 Å². The van der Waals surface area contributed by atoms with Gasteiger partial charge in [-0.15, -0.1) is 0 Å². The Kier molecular flexibility index (Phi) is 7.59. The number of para-hydroxylation sites is 1. The van der Waals surface area contributed by atoms with Gasteiger partial charge in [0, 0.05) is 12.1 Å². The van der Waals surface area contributed by atoms with Crippen LogP contribution in [-0.4, -0.2) is 44.6 Å². The molecule has 0 atom stereocenters. The van der Waals surface area contributed by atoms with Crippen molar-refractivity contribution in [1.29, 1.82) is 0 Å². The monoisotopic (exact) mass is 420 g/mol. The third-order valence-corrected chi connectivity index (χ3v) is 4.68. The molecular formula is C24H24N2O5. The molecule has 0 aliphatic carbocycles. The largest absolute Gasteiger partial charge is 0.496 e. The first kappa shape index (κ1) is 21.8. The van der Waals surface area contributed by atoms with Crippen molar-refractivity contribution < 1.29 is 23.9 Å². The maximum absolute atomic E-state index is 12.3. The van der Waals surface area contributed by atoms with Crippen molar-refractivity contribution in [2.75, 3.05) is 26.8 Å². The van der Waals surface area contributed by atoms with Gasteiger partial charge in [-0.2, -0.15) is 0 Å². The van der Waals surface area contributed by atoms with E-state index in [2.05, 4.69) is 10.6 Å². The van der Waals surface area contributed by atoms with Crippen LogP contribution in [0.1, 0.15) is 15.9 Å². The molecule has 0 saturated heterocycles. The average Bonchev–Trinajstić information content (AvgIpc) is 2.81. The van der Waals surface area contributed by atoms with Crippen molar-refractivity contribution in [3.05, 3.63) is 77.9 Å². The van der Waals surface area contributed by atoms with E-state index in [0.717, 1.165) is 22.1 Å². The fourth-order valence-corrected chi connectivity index (χ4v) is 3.08. The molecule has 0 heterocycles. The van der Waals surface area contributed by atoms with Crippen LogP contribution in [0.5, 0.6) is 5.75 Å². The lowest BCUT2D eigenvalue weighted by atomic mass is 10.1. The third-order valence-electron chi connectivity index (χ3n) is 4.68.